The van der Waals surface area contributed by atoms with Crippen molar-refractivity contribution in [3.63, 3.8) is 0 Å². The van der Waals surface area contributed by atoms with Crippen LogP contribution in [-0.2, 0) is 6.18 Å². The second-order valence-corrected chi connectivity index (χ2v) is 5.25. The Morgan fingerprint density at radius 1 is 1.18 bits per heavy atom. The van der Waals surface area contributed by atoms with Gasteiger partial charge >= 0.3 is 6.18 Å². The van der Waals surface area contributed by atoms with Gasteiger partial charge in [-0.2, -0.15) is 13.2 Å². The predicted molar refractivity (Wildman–Crippen MR) is 74.0 cm³/mol. The van der Waals surface area contributed by atoms with Gasteiger partial charge in [-0.1, -0.05) is 13.8 Å². The molecule has 2 aromatic rings. The van der Waals surface area contributed by atoms with Crippen LogP contribution in [0.1, 0.15) is 43.9 Å². The van der Waals surface area contributed by atoms with E-state index in [2.05, 4.69) is 4.98 Å². The maximum Gasteiger partial charge on any atom is 0.418 e. The van der Waals surface area contributed by atoms with E-state index >= 15 is 0 Å². The van der Waals surface area contributed by atoms with E-state index in [1.807, 2.05) is 13.8 Å². The molecule has 122 valence electrons. The van der Waals surface area contributed by atoms with Gasteiger partial charge in [0.25, 0.3) is 5.92 Å². The third-order valence-corrected chi connectivity index (χ3v) is 3.58. The smallest absolute Gasteiger partial charge is 0.327 e. The average Bonchev–Trinajstić information content (AvgIpc) is 2.79. The van der Waals surface area contributed by atoms with E-state index in [0.29, 0.717) is 5.56 Å². The number of alkyl halides is 5. The molecule has 1 fully saturated rings. The molecule has 1 aromatic carbocycles. The zero-order valence-electron chi connectivity index (χ0n) is 12.5. The van der Waals surface area contributed by atoms with Crippen LogP contribution in [0.4, 0.5) is 22.0 Å². The molecular weight excluding hydrogens is 303 g/mol. The fourth-order valence-corrected chi connectivity index (χ4v) is 2.63. The van der Waals surface area contributed by atoms with Crippen LogP contribution in [0.2, 0.25) is 0 Å². The summed E-state index contributed by atoms with van der Waals surface area (Å²) in [6.07, 6.45) is -4.19. The zero-order chi connectivity index (χ0) is 16.7. The molecule has 22 heavy (non-hydrogen) atoms. The first-order valence-corrected chi connectivity index (χ1v) is 7.10. The molecule has 2 nitrogen and oxygen atoms in total. The third-order valence-electron chi connectivity index (χ3n) is 3.58. The van der Waals surface area contributed by atoms with E-state index in [0.717, 1.165) is 6.07 Å². The number of aryl methyl sites for hydroxylation is 1. The summed E-state index contributed by atoms with van der Waals surface area (Å²) in [5.74, 6) is -2.79. The highest BCUT2D eigenvalue weighted by molar-refractivity contribution is 5.81. The molecule has 0 spiro atoms. The SMILES string of the molecule is CC.Cc1cc(C(F)(F)F)c2c(c1)ncn2C1CC(F)(F)C1. The molecule has 0 N–H and O–H groups in total. The standard InChI is InChI=1S/C13H11F5N2.C2H6/c1-7-2-9(13(16,17)18)11-10(3-7)19-6-20(11)8-4-12(14,15)5-8;1-2/h2-3,6,8H,4-5H2,1H3;1-2H3. The van der Waals surface area contributed by atoms with Crippen molar-refractivity contribution in [3.05, 3.63) is 29.6 Å². The number of hydrogen-bond donors (Lipinski definition) is 0. The molecular formula is C15H17F5N2. The summed E-state index contributed by atoms with van der Waals surface area (Å²) in [6.45, 7) is 5.55. The fraction of sp³-hybridized carbons (Fsp3) is 0.533. The molecule has 1 saturated carbocycles. The van der Waals surface area contributed by atoms with Crippen LogP contribution < -0.4 is 0 Å². The van der Waals surface area contributed by atoms with Crippen LogP contribution in [0.15, 0.2) is 18.5 Å². The van der Waals surface area contributed by atoms with Crippen molar-refractivity contribution in [1.82, 2.24) is 9.55 Å². The molecule has 1 heterocycles. The number of benzene rings is 1. The Hall–Kier alpha value is -1.66. The summed E-state index contributed by atoms with van der Waals surface area (Å²) >= 11 is 0. The number of halogens is 5. The van der Waals surface area contributed by atoms with Crippen LogP contribution in [0.3, 0.4) is 0 Å². The van der Waals surface area contributed by atoms with Crippen molar-refractivity contribution in [2.45, 2.75) is 51.8 Å². The van der Waals surface area contributed by atoms with E-state index < -0.39 is 36.5 Å². The van der Waals surface area contributed by atoms with Gasteiger partial charge in [0.05, 0.1) is 22.9 Å². The van der Waals surface area contributed by atoms with Crippen molar-refractivity contribution >= 4 is 11.0 Å². The number of imidazole rings is 1. The molecule has 0 unspecified atom stereocenters. The molecule has 0 atom stereocenters. The summed E-state index contributed by atoms with van der Waals surface area (Å²) in [5, 5.41) is 0. The van der Waals surface area contributed by atoms with Crippen molar-refractivity contribution < 1.29 is 22.0 Å². The lowest BCUT2D eigenvalue weighted by atomic mass is 9.88. The van der Waals surface area contributed by atoms with E-state index in [1.54, 1.807) is 6.92 Å². The molecule has 3 rings (SSSR count). The van der Waals surface area contributed by atoms with Gasteiger partial charge in [0.1, 0.15) is 0 Å². The highest BCUT2D eigenvalue weighted by Crippen LogP contribution is 2.47. The van der Waals surface area contributed by atoms with Gasteiger partial charge in [-0.3, -0.25) is 0 Å². The van der Waals surface area contributed by atoms with Crippen LogP contribution in [0.5, 0.6) is 0 Å². The van der Waals surface area contributed by atoms with Gasteiger partial charge in [0, 0.05) is 18.9 Å². The van der Waals surface area contributed by atoms with Crippen molar-refractivity contribution in [1.29, 1.82) is 0 Å². The Balaban J connectivity index is 0.000000847. The van der Waals surface area contributed by atoms with Gasteiger partial charge in [-0.25, -0.2) is 13.8 Å². The fourth-order valence-electron chi connectivity index (χ4n) is 2.63. The monoisotopic (exact) mass is 320 g/mol. The topological polar surface area (TPSA) is 17.8 Å². The lowest BCUT2D eigenvalue weighted by Crippen LogP contribution is -2.37. The van der Waals surface area contributed by atoms with E-state index in [-0.39, 0.29) is 11.0 Å². The molecule has 7 heteroatoms. The van der Waals surface area contributed by atoms with Crippen LogP contribution in [0, 0.1) is 6.92 Å². The maximum atomic E-state index is 13.1. The van der Waals surface area contributed by atoms with Crippen molar-refractivity contribution in [2.75, 3.05) is 0 Å². The summed E-state index contributed by atoms with van der Waals surface area (Å²) < 4.78 is 66.4. The van der Waals surface area contributed by atoms with Gasteiger partial charge < -0.3 is 4.57 Å². The number of rotatable bonds is 1. The van der Waals surface area contributed by atoms with E-state index in [9.17, 15) is 22.0 Å². The normalized spacial score (nSPS) is 17.8. The Morgan fingerprint density at radius 3 is 2.27 bits per heavy atom. The third kappa shape index (κ3) is 2.94. The van der Waals surface area contributed by atoms with E-state index in [1.165, 1.54) is 17.0 Å². The molecule has 1 aliphatic rings. The highest BCUT2D eigenvalue weighted by Gasteiger charge is 2.47. The van der Waals surface area contributed by atoms with E-state index in [4.69, 9.17) is 0 Å². The Kier molecular flexibility index (Phi) is 4.19. The minimum atomic E-state index is -4.53. The van der Waals surface area contributed by atoms with Crippen LogP contribution in [0.25, 0.3) is 11.0 Å². The molecule has 0 aliphatic heterocycles. The van der Waals surface area contributed by atoms with Crippen LogP contribution in [-0.4, -0.2) is 15.5 Å². The van der Waals surface area contributed by atoms with Crippen molar-refractivity contribution in [2.24, 2.45) is 0 Å². The number of hydrogen-bond acceptors (Lipinski definition) is 1. The van der Waals surface area contributed by atoms with Crippen molar-refractivity contribution in [3.8, 4) is 0 Å². The molecule has 0 bridgehead atoms. The highest BCUT2D eigenvalue weighted by atomic mass is 19.4. The van der Waals surface area contributed by atoms with Gasteiger partial charge in [0.15, 0.2) is 0 Å². The summed E-state index contributed by atoms with van der Waals surface area (Å²) in [5.41, 5.74) is -0.301. The van der Waals surface area contributed by atoms with Crippen LogP contribution >= 0.6 is 0 Å². The lowest BCUT2D eigenvalue weighted by Gasteiger charge is -2.36. The molecule has 1 aromatic heterocycles. The number of nitrogens with zero attached hydrogens (tertiary/aromatic N) is 2. The summed E-state index contributed by atoms with van der Waals surface area (Å²) in [4.78, 5) is 3.92. The summed E-state index contributed by atoms with van der Waals surface area (Å²) in [7, 11) is 0. The predicted octanol–water partition coefficient (Wildman–Crippen LogP) is 5.36. The minimum absolute atomic E-state index is 0.108. The number of aromatic nitrogens is 2. The quantitative estimate of drug-likeness (QED) is 0.647. The lowest BCUT2D eigenvalue weighted by molar-refractivity contribution is -0.136. The second kappa shape index (κ2) is 5.52. The number of fused-ring (bicyclic) bond motifs is 1. The largest absolute Gasteiger partial charge is 0.418 e. The van der Waals surface area contributed by atoms with Gasteiger partial charge in [-0.05, 0) is 24.6 Å². The Labute approximate surface area is 124 Å². The molecule has 0 saturated heterocycles. The molecule has 0 radical (unpaired) electrons. The Morgan fingerprint density at radius 2 is 1.77 bits per heavy atom. The molecule has 0 amide bonds. The first-order valence-electron chi connectivity index (χ1n) is 7.10. The maximum absolute atomic E-state index is 13.1. The van der Waals surface area contributed by atoms with Gasteiger partial charge in [-0.15, -0.1) is 0 Å². The Bertz CT molecular complexity index is 664. The first-order chi connectivity index (χ1) is 10.2. The van der Waals surface area contributed by atoms with Gasteiger partial charge in [0.2, 0.25) is 0 Å². The minimum Gasteiger partial charge on any atom is -0.327 e. The molecule has 1 aliphatic carbocycles. The average molecular weight is 320 g/mol. The zero-order valence-corrected chi connectivity index (χ0v) is 12.5. The second-order valence-electron chi connectivity index (χ2n) is 5.25. The first kappa shape index (κ1) is 16.7. The summed E-state index contributed by atoms with van der Waals surface area (Å²) in [6, 6.07) is 1.92.